The second-order valence-electron chi connectivity index (χ2n) is 7.27. The summed E-state index contributed by atoms with van der Waals surface area (Å²) >= 11 is 1.62. The zero-order valence-corrected chi connectivity index (χ0v) is 18.2. The molecule has 0 heterocycles. The molecule has 0 aromatic heterocycles. The molecule has 0 saturated carbocycles. The summed E-state index contributed by atoms with van der Waals surface area (Å²) in [5, 5.41) is 9.42. The molecule has 0 rings (SSSR count). The van der Waals surface area contributed by atoms with Crippen molar-refractivity contribution in [1.29, 1.82) is 0 Å². The zero-order chi connectivity index (χ0) is 19.6. The Kier molecular flexibility index (Phi) is 17.9. The van der Waals surface area contributed by atoms with Crippen molar-refractivity contribution in [3.63, 3.8) is 0 Å². The molecule has 0 aromatic carbocycles. The van der Waals surface area contributed by atoms with Gasteiger partial charge in [-0.15, -0.1) is 11.8 Å². The van der Waals surface area contributed by atoms with Crippen molar-refractivity contribution in [2.24, 2.45) is 11.7 Å². The predicted octanol–water partition coefficient (Wildman–Crippen LogP) is 5.27. The molecule has 0 radical (unpaired) electrons. The number of aliphatic hydroxyl groups excluding tert-OH is 1. The van der Waals surface area contributed by atoms with Crippen LogP contribution in [0.4, 0.5) is 0 Å². The van der Waals surface area contributed by atoms with Crippen LogP contribution in [0.5, 0.6) is 0 Å². The van der Waals surface area contributed by atoms with Gasteiger partial charge in [0.2, 0.25) is 0 Å². The molecule has 0 aliphatic carbocycles. The van der Waals surface area contributed by atoms with Gasteiger partial charge in [0.05, 0.1) is 19.1 Å². The summed E-state index contributed by atoms with van der Waals surface area (Å²) in [7, 11) is 1.34. The first-order chi connectivity index (χ1) is 12.6. The van der Waals surface area contributed by atoms with Gasteiger partial charge in [0.15, 0.2) is 0 Å². The Bertz CT molecular complexity index is 328. The van der Waals surface area contributed by atoms with E-state index in [0.717, 1.165) is 12.8 Å². The topological polar surface area (TPSA) is 72.5 Å². The molecule has 0 fully saturated rings. The van der Waals surface area contributed by atoms with E-state index in [4.69, 9.17) is 10.5 Å². The molecule has 0 amide bonds. The number of methoxy groups -OCH3 is 1. The number of aliphatic hydroxyl groups is 1. The normalized spacial score (nSPS) is 14.8. The summed E-state index contributed by atoms with van der Waals surface area (Å²) in [4.78, 5) is 11.6. The number of nitrogens with two attached hydrogens (primary N) is 1. The minimum absolute atomic E-state index is 0.254. The number of thioether (sulfide) groups is 1. The van der Waals surface area contributed by atoms with Gasteiger partial charge < -0.3 is 15.6 Å². The summed E-state index contributed by atoms with van der Waals surface area (Å²) in [6.45, 7) is 4.17. The lowest BCUT2D eigenvalue weighted by Gasteiger charge is -2.24. The molecule has 3 N–H and O–H groups in total. The van der Waals surface area contributed by atoms with Crippen molar-refractivity contribution < 1.29 is 14.6 Å². The second kappa shape index (κ2) is 18.1. The number of hydrogen-bond donors (Lipinski definition) is 2. The van der Waals surface area contributed by atoms with E-state index in [1.165, 1.54) is 77.7 Å². The zero-order valence-electron chi connectivity index (χ0n) is 17.4. The lowest BCUT2D eigenvalue weighted by atomic mass is 10.0. The average Bonchev–Trinajstić information content (AvgIpc) is 2.65. The summed E-state index contributed by atoms with van der Waals surface area (Å²) in [6, 6.07) is 0. The van der Waals surface area contributed by atoms with Crippen LogP contribution < -0.4 is 5.73 Å². The number of hydrogen-bond acceptors (Lipinski definition) is 5. The summed E-state index contributed by atoms with van der Waals surface area (Å²) in [6.07, 6.45) is 17.0. The van der Waals surface area contributed by atoms with Crippen LogP contribution in [0.2, 0.25) is 0 Å². The summed E-state index contributed by atoms with van der Waals surface area (Å²) < 4.78 is 4.72. The first-order valence-electron chi connectivity index (χ1n) is 10.7. The van der Waals surface area contributed by atoms with E-state index in [-0.39, 0.29) is 6.61 Å². The highest BCUT2D eigenvalue weighted by Gasteiger charge is 2.28. The number of esters is 1. The maximum atomic E-state index is 11.6. The van der Waals surface area contributed by atoms with Crippen LogP contribution in [-0.2, 0) is 9.53 Å². The fourth-order valence-corrected chi connectivity index (χ4v) is 4.51. The smallest absolute Gasteiger partial charge is 0.313 e. The van der Waals surface area contributed by atoms with Crippen LogP contribution in [0.25, 0.3) is 0 Å². The van der Waals surface area contributed by atoms with Crippen molar-refractivity contribution in [3.05, 3.63) is 0 Å². The Morgan fingerprint density at radius 1 is 0.962 bits per heavy atom. The lowest BCUT2D eigenvalue weighted by molar-refractivity contribution is -0.146. The van der Waals surface area contributed by atoms with Gasteiger partial charge in [0.1, 0.15) is 5.92 Å². The van der Waals surface area contributed by atoms with Gasteiger partial charge in [-0.3, -0.25) is 4.79 Å². The van der Waals surface area contributed by atoms with Crippen LogP contribution in [0, 0.1) is 5.92 Å². The van der Waals surface area contributed by atoms with E-state index in [0.29, 0.717) is 5.25 Å². The van der Waals surface area contributed by atoms with Crippen molar-refractivity contribution in [2.75, 3.05) is 13.7 Å². The Labute approximate surface area is 166 Å². The maximum absolute atomic E-state index is 11.6. The third-order valence-corrected chi connectivity index (χ3v) is 6.63. The molecule has 3 unspecified atom stereocenters. The molecule has 0 aromatic rings. The number of rotatable bonds is 18. The Balaban J connectivity index is 3.74. The fraction of sp³-hybridized carbons (Fsp3) is 0.952. The SMILES string of the molecule is CCCCCCCCCCCCCC(CC)SC(N)C(CO)C(=O)OC. The quantitative estimate of drug-likeness (QED) is 0.190. The molecule has 0 aliphatic heterocycles. The molecule has 4 nitrogen and oxygen atoms in total. The maximum Gasteiger partial charge on any atom is 0.313 e. The van der Waals surface area contributed by atoms with Crippen LogP contribution in [-0.4, -0.2) is 35.4 Å². The van der Waals surface area contributed by atoms with Gasteiger partial charge in [-0.25, -0.2) is 0 Å². The Morgan fingerprint density at radius 2 is 1.46 bits per heavy atom. The Morgan fingerprint density at radius 3 is 1.88 bits per heavy atom. The van der Waals surface area contributed by atoms with E-state index in [1.54, 1.807) is 11.8 Å². The van der Waals surface area contributed by atoms with Crippen molar-refractivity contribution in [2.45, 2.75) is 108 Å². The monoisotopic (exact) mass is 389 g/mol. The predicted molar refractivity (Wildman–Crippen MR) is 113 cm³/mol. The second-order valence-corrected chi connectivity index (χ2v) is 8.75. The minimum Gasteiger partial charge on any atom is -0.469 e. The highest BCUT2D eigenvalue weighted by molar-refractivity contribution is 8.00. The standard InChI is InChI=1S/C21H43NO3S/c1-4-6-7-8-9-10-11-12-13-14-15-16-18(5-2)26-20(22)19(17-23)21(24)25-3/h18-20,23H,4-17,22H2,1-3H3. The Hall–Kier alpha value is -0.260. The van der Waals surface area contributed by atoms with Gasteiger partial charge >= 0.3 is 5.97 Å². The van der Waals surface area contributed by atoms with Gasteiger partial charge in [-0.05, 0) is 12.8 Å². The van der Waals surface area contributed by atoms with Crippen molar-refractivity contribution in [3.8, 4) is 0 Å². The first kappa shape index (κ1) is 25.7. The third-order valence-electron chi connectivity index (χ3n) is 5.03. The van der Waals surface area contributed by atoms with Gasteiger partial charge in [0.25, 0.3) is 0 Å². The van der Waals surface area contributed by atoms with E-state index < -0.39 is 17.3 Å². The number of carbonyl (C=O) groups excluding carboxylic acids is 1. The third kappa shape index (κ3) is 13.0. The molecule has 26 heavy (non-hydrogen) atoms. The molecule has 0 spiro atoms. The van der Waals surface area contributed by atoms with Crippen molar-refractivity contribution >= 4 is 17.7 Å². The number of unbranched alkanes of at least 4 members (excludes halogenated alkanes) is 10. The highest BCUT2D eigenvalue weighted by atomic mass is 32.2. The molecular formula is C21H43NO3S. The molecule has 3 atom stereocenters. The molecular weight excluding hydrogens is 346 g/mol. The van der Waals surface area contributed by atoms with E-state index in [9.17, 15) is 9.90 Å². The molecule has 0 saturated heterocycles. The average molecular weight is 390 g/mol. The molecule has 0 bridgehead atoms. The molecule has 156 valence electrons. The largest absolute Gasteiger partial charge is 0.469 e. The number of carbonyl (C=O) groups is 1. The minimum atomic E-state index is -0.628. The first-order valence-corrected chi connectivity index (χ1v) is 11.6. The summed E-state index contributed by atoms with van der Waals surface area (Å²) in [5.74, 6) is -1.05. The van der Waals surface area contributed by atoms with Crippen LogP contribution >= 0.6 is 11.8 Å². The van der Waals surface area contributed by atoms with E-state index >= 15 is 0 Å². The fourth-order valence-electron chi connectivity index (χ4n) is 3.19. The van der Waals surface area contributed by atoms with Crippen LogP contribution in [0.3, 0.4) is 0 Å². The highest BCUT2D eigenvalue weighted by Crippen LogP contribution is 2.27. The molecule has 0 aliphatic rings. The van der Waals surface area contributed by atoms with Gasteiger partial charge in [-0.2, -0.15) is 0 Å². The van der Waals surface area contributed by atoms with Crippen LogP contribution in [0.1, 0.15) is 97.3 Å². The summed E-state index contributed by atoms with van der Waals surface area (Å²) in [5.41, 5.74) is 6.11. The van der Waals surface area contributed by atoms with Gasteiger partial charge in [-0.1, -0.05) is 84.5 Å². The van der Waals surface area contributed by atoms with Crippen molar-refractivity contribution in [1.82, 2.24) is 0 Å². The van der Waals surface area contributed by atoms with E-state index in [2.05, 4.69) is 13.8 Å². The van der Waals surface area contributed by atoms with Gasteiger partial charge in [0, 0.05) is 5.25 Å². The molecule has 5 heteroatoms. The van der Waals surface area contributed by atoms with E-state index in [1.807, 2.05) is 0 Å². The number of ether oxygens (including phenoxy) is 1. The lowest BCUT2D eigenvalue weighted by Crippen LogP contribution is -2.37. The van der Waals surface area contributed by atoms with Crippen LogP contribution in [0.15, 0.2) is 0 Å².